The summed E-state index contributed by atoms with van der Waals surface area (Å²) in [6.45, 7) is 2.25. The molecule has 2 aliphatic rings. The quantitative estimate of drug-likeness (QED) is 0.304. The maximum atomic E-state index is 13.9. The molecular weight excluding hydrogens is 581 g/mol. The minimum Gasteiger partial charge on any atom is -0.376 e. The first-order valence-corrected chi connectivity index (χ1v) is 16.8. The molecule has 10 heteroatoms. The molecule has 44 heavy (non-hydrogen) atoms. The van der Waals surface area contributed by atoms with Gasteiger partial charge < -0.3 is 15.0 Å². The lowest BCUT2D eigenvalue weighted by Crippen LogP contribution is -2.51. The van der Waals surface area contributed by atoms with Gasteiger partial charge in [-0.05, 0) is 73.1 Å². The molecule has 2 heterocycles. The van der Waals surface area contributed by atoms with Crippen LogP contribution in [0.1, 0.15) is 48.8 Å². The number of carbonyl (C=O) groups is 2. The Kier molecular flexibility index (Phi) is 10.8. The van der Waals surface area contributed by atoms with E-state index in [4.69, 9.17) is 4.74 Å². The number of halogens is 1. The predicted octanol–water partition coefficient (Wildman–Crippen LogP) is 4.48. The molecule has 2 fully saturated rings. The SMILES string of the molecule is O=C(NC[C@H]1CCCO1)[C@H](Cc1ccccc1)N(Cc1ccc(F)cc1)C(=O)CCc1ccc(S(=O)(=O)N2CCCC2)cc1. The number of amides is 2. The maximum Gasteiger partial charge on any atom is 0.243 e. The molecule has 0 radical (unpaired) electrons. The normalized spacial score (nSPS) is 17.8. The molecule has 3 aromatic carbocycles. The van der Waals surface area contributed by atoms with Crippen LogP contribution in [0.2, 0.25) is 0 Å². The molecule has 0 unspecified atom stereocenters. The Morgan fingerprint density at radius 2 is 1.59 bits per heavy atom. The second-order valence-corrected chi connectivity index (χ2v) is 13.4. The van der Waals surface area contributed by atoms with Crippen molar-refractivity contribution in [3.05, 3.63) is 101 Å². The van der Waals surface area contributed by atoms with Crippen molar-refractivity contribution < 1.29 is 27.1 Å². The van der Waals surface area contributed by atoms with E-state index in [-0.39, 0.29) is 41.6 Å². The van der Waals surface area contributed by atoms with Crippen LogP contribution in [0.4, 0.5) is 4.39 Å². The molecule has 234 valence electrons. The molecule has 2 atom stereocenters. The van der Waals surface area contributed by atoms with Crippen LogP contribution in [0.3, 0.4) is 0 Å². The highest BCUT2D eigenvalue weighted by atomic mass is 32.2. The summed E-state index contributed by atoms with van der Waals surface area (Å²) in [6, 6.07) is 21.4. The fourth-order valence-electron chi connectivity index (χ4n) is 5.78. The summed E-state index contributed by atoms with van der Waals surface area (Å²) < 4.78 is 46.7. The molecule has 3 aromatic rings. The van der Waals surface area contributed by atoms with Gasteiger partial charge in [0.25, 0.3) is 0 Å². The van der Waals surface area contributed by atoms with Gasteiger partial charge in [-0.25, -0.2) is 12.8 Å². The van der Waals surface area contributed by atoms with Crippen LogP contribution < -0.4 is 5.32 Å². The van der Waals surface area contributed by atoms with Gasteiger partial charge in [-0.2, -0.15) is 4.31 Å². The Morgan fingerprint density at radius 3 is 2.25 bits per heavy atom. The molecule has 2 aliphatic heterocycles. The molecule has 0 aromatic heterocycles. The van der Waals surface area contributed by atoms with Gasteiger partial charge in [0.15, 0.2) is 0 Å². The molecule has 8 nitrogen and oxygen atoms in total. The van der Waals surface area contributed by atoms with E-state index in [9.17, 15) is 22.4 Å². The Bertz CT molecular complexity index is 1490. The lowest BCUT2D eigenvalue weighted by atomic mass is 10.0. The summed E-state index contributed by atoms with van der Waals surface area (Å²) >= 11 is 0. The predicted molar refractivity (Wildman–Crippen MR) is 166 cm³/mol. The van der Waals surface area contributed by atoms with Crippen molar-refractivity contribution in [2.75, 3.05) is 26.2 Å². The lowest BCUT2D eigenvalue weighted by Gasteiger charge is -2.32. The van der Waals surface area contributed by atoms with Gasteiger partial charge in [-0.15, -0.1) is 0 Å². The topological polar surface area (TPSA) is 96.0 Å². The third-order valence-electron chi connectivity index (χ3n) is 8.32. The van der Waals surface area contributed by atoms with E-state index >= 15 is 0 Å². The van der Waals surface area contributed by atoms with Crippen molar-refractivity contribution in [3.63, 3.8) is 0 Å². The Hall–Kier alpha value is -3.60. The molecular formula is C34H40FN3O5S. The number of carbonyl (C=O) groups excluding carboxylic acids is 2. The zero-order chi connectivity index (χ0) is 30.9. The number of sulfonamides is 1. The second kappa shape index (κ2) is 14.9. The molecule has 5 rings (SSSR count). The van der Waals surface area contributed by atoms with E-state index < -0.39 is 16.1 Å². The van der Waals surface area contributed by atoms with Gasteiger partial charge in [-0.1, -0.05) is 54.6 Å². The number of rotatable bonds is 13. The van der Waals surface area contributed by atoms with Crippen molar-refractivity contribution in [2.24, 2.45) is 0 Å². The van der Waals surface area contributed by atoms with Crippen LogP contribution >= 0.6 is 0 Å². The number of ether oxygens (including phenoxy) is 1. The lowest BCUT2D eigenvalue weighted by molar-refractivity contribution is -0.141. The van der Waals surface area contributed by atoms with Gasteiger partial charge in [0, 0.05) is 45.6 Å². The summed E-state index contributed by atoms with van der Waals surface area (Å²) in [7, 11) is -3.52. The van der Waals surface area contributed by atoms with Crippen molar-refractivity contribution in [3.8, 4) is 0 Å². The summed E-state index contributed by atoms with van der Waals surface area (Å²) in [6.07, 6.45) is 4.32. The van der Waals surface area contributed by atoms with Gasteiger partial charge in [-0.3, -0.25) is 9.59 Å². The van der Waals surface area contributed by atoms with Gasteiger partial charge in [0.2, 0.25) is 21.8 Å². The highest BCUT2D eigenvalue weighted by Gasteiger charge is 2.31. The molecule has 0 aliphatic carbocycles. The van der Waals surface area contributed by atoms with Gasteiger partial charge in [0.1, 0.15) is 11.9 Å². The Labute approximate surface area is 259 Å². The first-order chi connectivity index (χ1) is 21.3. The third-order valence-corrected chi connectivity index (χ3v) is 10.2. The highest BCUT2D eigenvalue weighted by molar-refractivity contribution is 7.89. The fraction of sp³-hybridized carbons (Fsp3) is 0.412. The number of aryl methyl sites for hydroxylation is 1. The van der Waals surface area contributed by atoms with Gasteiger partial charge in [0.05, 0.1) is 11.0 Å². The molecule has 0 spiro atoms. The highest BCUT2D eigenvalue weighted by Crippen LogP contribution is 2.22. The Morgan fingerprint density at radius 1 is 0.909 bits per heavy atom. The maximum absolute atomic E-state index is 13.9. The summed E-state index contributed by atoms with van der Waals surface area (Å²) in [5.74, 6) is -0.871. The van der Waals surface area contributed by atoms with E-state index in [0.29, 0.717) is 44.6 Å². The van der Waals surface area contributed by atoms with E-state index in [1.54, 1.807) is 41.3 Å². The number of benzene rings is 3. The smallest absolute Gasteiger partial charge is 0.243 e. The molecule has 2 amide bonds. The van der Waals surface area contributed by atoms with Crippen LogP contribution in [0.25, 0.3) is 0 Å². The summed E-state index contributed by atoms with van der Waals surface area (Å²) in [4.78, 5) is 29.5. The minimum absolute atomic E-state index is 0.0465. The number of hydrogen-bond acceptors (Lipinski definition) is 5. The van der Waals surface area contributed by atoms with Crippen molar-refractivity contribution in [2.45, 2.75) is 68.5 Å². The Balaban J connectivity index is 1.34. The van der Waals surface area contributed by atoms with Crippen LogP contribution in [0.15, 0.2) is 83.8 Å². The number of nitrogens with one attached hydrogen (secondary N) is 1. The zero-order valence-corrected chi connectivity index (χ0v) is 25.7. The second-order valence-electron chi connectivity index (χ2n) is 11.5. The first kappa shape index (κ1) is 31.8. The summed E-state index contributed by atoms with van der Waals surface area (Å²) in [5, 5.41) is 3.01. The minimum atomic E-state index is -3.52. The average Bonchev–Trinajstić information content (AvgIpc) is 3.78. The third kappa shape index (κ3) is 8.31. The molecule has 1 N–H and O–H groups in total. The number of nitrogens with zero attached hydrogens (tertiary/aromatic N) is 2. The fourth-order valence-corrected chi connectivity index (χ4v) is 7.30. The largest absolute Gasteiger partial charge is 0.376 e. The standard InChI is InChI=1S/C34H40FN3O5S/c35-29-15-10-28(11-16-29)25-38(32(23-27-7-2-1-3-8-27)34(40)36-24-30-9-6-22-43-30)33(39)19-14-26-12-17-31(18-13-26)44(41,42)37-20-4-5-21-37/h1-3,7-8,10-13,15-18,30,32H,4-6,9,14,19-25H2,(H,36,40)/t30-,32+/m1/s1. The van der Waals surface area contributed by atoms with Crippen LogP contribution in [0, 0.1) is 5.82 Å². The molecule has 0 saturated carbocycles. The van der Waals surface area contributed by atoms with Crippen LogP contribution in [0.5, 0.6) is 0 Å². The zero-order valence-electron chi connectivity index (χ0n) is 24.9. The summed E-state index contributed by atoms with van der Waals surface area (Å²) in [5.41, 5.74) is 2.44. The first-order valence-electron chi connectivity index (χ1n) is 15.4. The van der Waals surface area contributed by atoms with E-state index in [0.717, 1.165) is 36.8 Å². The monoisotopic (exact) mass is 621 g/mol. The van der Waals surface area contributed by atoms with E-state index in [2.05, 4.69) is 5.32 Å². The van der Waals surface area contributed by atoms with Crippen molar-refractivity contribution >= 4 is 21.8 Å². The van der Waals surface area contributed by atoms with Crippen LogP contribution in [-0.4, -0.2) is 67.8 Å². The van der Waals surface area contributed by atoms with Crippen molar-refractivity contribution in [1.82, 2.24) is 14.5 Å². The van der Waals surface area contributed by atoms with Crippen LogP contribution in [-0.2, 0) is 43.7 Å². The number of hydrogen-bond donors (Lipinski definition) is 1. The van der Waals surface area contributed by atoms with E-state index in [1.807, 2.05) is 30.3 Å². The van der Waals surface area contributed by atoms with E-state index in [1.165, 1.54) is 16.4 Å². The average molecular weight is 622 g/mol. The van der Waals surface area contributed by atoms with Gasteiger partial charge >= 0.3 is 0 Å². The van der Waals surface area contributed by atoms with Crippen molar-refractivity contribution in [1.29, 1.82) is 0 Å². The molecule has 0 bridgehead atoms. The molecule has 2 saturated heterocycles.